The average Bonchev–Trinajstić information content (AvgIpc) is 3.16. The molecule has 0 atom stereocenters. The van der Waals surface area contributed by atoms with Crippen molar-refractivity contribution in [2.45, 2.75) is 41.5 Å². The van der Waals surface area contributed by atoms with Gasteiger partial charge in [0.15, 0.2) is 0 Å². The zero-order valence-electron chi connectivity index (χ0n) is 18.7. The van der Waals surface area contributed by atoms with Crippen LogP contribution in [0.4, 0.5) is 0 Å². The van der Waals surface area contributed by atoms with E-state index in [-0.39, 0.29) is 6.71 Å². The smallest absolute Gasteiger partial charge is 0.291 e. The van der Waals surface area contributed by atoms with Crippen molar-refractivity contribution in [2.75, 3.05) is 0 Å². The zero-order valence-corrected chi connectivity index (χ0v) is 18.7. The Morgan fingerprint density at radius 2 is 1.13 bits per heavy atom. The number of hydrogen-bond acceptors (Lipinski definition) is 2. The molecule has 0 aliphatic rings. The summed E-state index contributed by atoms with van der Waals surface area (Å²) < 4.78 is 6.41. The van der Waals surface area contributed by atoms with E-state index >= 15 is 0 Å². The summed E-state index contributed by atoms with van der Waals surface area (Å²) in [6.45, 7) is 13.1. The molecule has 0 N–H and O–H groups in total. The minimum Gasteiger partial charge on any atom is -0.451 e. The summed E-state index contributed by atoms with van der Waals surface area (Å²) in [6, 6.07) is 19.2. The van der Waals surface area contributed by atoms with Crippen LogP contribution in [0.3, 0.4) is 0 Å². The van der Waals surface area contributed by atoms with Crippen molar-refractivity contribution in [2.24, 2.45) is 0 Å². The van der Waals surface area contributed by atoms with Crippen LogP contribution in [0.25, 0.3) is 11.5 Å². The molecule has 1 aromatic heterocycles. The van der Waals surface area contributed by atoms with Crippen molar-refractivity contribution >= 4 is 23.3 Å². The Balaban J connectivity index is 1.96. The van der Waals surface area contributed by atoms with Gasteiger partial charge in [0.1, 0.15) is 0 Å². The number of hydrogen-bond donors (Lipinski definition) is 0. The molecule has 3 heteroatoms. The van der Waals surface area contributed by atoms with Gasteiger partial charge in [-0.2, -0.15) is 0 Å². The maximum atomic E-state index is 6.41. The minimum atomic E-state index is 0.0103. The van der Waals surface area contributed by atoms with E-state index in [1.165, 1.54) is 44.3 Å². The monoisotopic (exact) mass is 393 g/mol. The molecule has 3 aromatic carbocycles. The molecule has 4 aromatic rings. The Bertz CT molecular complexity index is 1100. The zero-order chi connectivity index (χ0) is 21.4. The molecular formula is C27H28BNO. The van der Waals surface area contributed by atoms with Crippen LogP contribution >= 0.6 is 0 Å². The number of nitrogens with zero attached hydrogens (tertiary/aromatic N) is 1. The van der Waals surface area contributed by atoms with Crippen LogP contribution in [-0.2, 0) is 0 Å². The fourth-order valence-corrected chi connectivity index (χ4v) is 4.86. The van der Waals surface area contributed by atoms with Crippen LogP contribution in [0.1, 0.15) is 33.4 Å². The average molecular weight is 393 g/mol. The minimum absolute atomic E-state index is 0.0103. The van der Waals surface area contributed by atoms with Gasteiger partial charge >= 0.3 is 0 Å². The fourth-order valence-electron chi connectivity index (χ4n) is 4.86. The third kappa shape index (κ3) is 3.72. The van der Waals surface area contributed by atoms with Crippen LogP contribution in [0, 0.1) is 41.5 Å². The predicted octanol–water partition coefficient (Wildman–Crippen LogP) is 4.71. The summed E-state index contributed by atoms with van der Waals surface area (Å²) in [6.07, 6.45) is 1.91. The van der Waals surface area contributed by atoms with Crippen LogP contribution in [0.15, 0.2) is 65.2 Å². The Morgan fingerprint density at radius 3 is 1.60 bits per heavy atom. The van der Waals surface area contributed by atoms with Gasteiger partial charge in [-0.25, -0.2) is 4.98 Å². The molecule has 2 nitrogen and oxygen atoms in total. The molecule has 0 bridgehead atoms. The number of rotatable bonds is 4. The van der Waals surface area contributed by atoms with Crippen molar-refractivity contribution in [1.29, 1.82) is 0 Å². The van der Waals surface area contributed by atoms with Crippen molar-refractivity contribution in [3.63, 3.8) is 0 Å². The van der Waals surface area contributed by atoms with Gasteiger partial charge in [-0.15, -0.1) is 0 Å². The summed E-state index contributed by atoms with van der Waals surface area (Å²) in [7, 11) is 0. The van der Waals surface area contributed by atoms with Crippen molar-refractivity contribution in [3.8, 4) is 11.5 Å². The molecule has 0 saturated heterocycles. The highest BCUT2D eigenvalue weighted by Gasteiger charge is 2.32. The molecular weight excluding hydrogens is 365 g/mol. The van der Waals surface area contributed by atoms with E-state index in [2.05, 4.69) is 70.8 Å². The first-order valence-electron chi connectivity index (χ1n) is 10.5. The quantitative estimate of drug-likeness (QED) is 0.470. The van der Waals surface area contributed by atoms with Crippen LogP contribution in [0.2, 0.25) is 0 Å². The molecule has 0 amide bonds. The third-order valence-corrected chi connectivity index (χ3v) is 5.88. The highest BCUT2D eigenvalue weighted by molar-refractivity contribution is 6.95. The van der Waals surface area contributed by atoms with Gasteiger partial charge in [0.2, 0.25) is 5.89 Å². The van der Waals surface area contributed by atoms with Gasteiger partial charge in [-0.1, -0.05) is 86.8 Å². The summed E-state index contributed by atoms with van der Waals surface area (Å²) in [5.74, 6) is 0.667. The Hall–Kier alpha value is -3.07. The van der Waals surface area contributed by atoms with Crippen LogP contribution < -0.4 is 16.6 Å². The lowest BCUT2D eigenvalue weighted by Crippen LogP contribution is -2.55. The first-order valence-corrected chi connectivity index (χ1v) is 10.5. The Morgan fingerprint density at radius 1 is 0.667 bits per heavy atom. The van der Waals surface area contributed by atoms with Crippen molar-refractivity contribution < 1.29 is 4.42 Å². The van der Waals surface area contributed by atoms with Gasteiger partial charge in [0, 0.05) is 5.56 Å². The predicted molar refractivity (Wildman–Crippen MR) is 128 cm³/mol. The summed E-state index contributed by atoms with van der Waals surface area (Å²) in [5.41, 5.74) is 12.2. The van der Waals surface area contributed by atoms with E-state index in [0.717, 1.165) is 11.2 Å². The lowest BCUT2D eigenvalue weighted by molar-refractivity contribution is 0.606. The molecule has 1 heterocycles. The molecule has 0 aliphatic heterocycles. The normalized spacial score (nSPS) is 11.0. The molecule has 0 unspecified atom stereocenters. The SMILES string of the molecule is Cc1cc(C)c(B(c2cnc(-c3ccccc3)o2)c2c(C)cc(C)cc2C)c(C)c1. The van der Waals surface area contributed by atoms with Gasteiger partial charge in [0.05, 0.1) is 11.9 Å². The highest BCUT2D eigenvalue weighted by Crippen LogP contribution is 2.17. The van der Waals surface area contributed by atoms with Gasteiger partial charge in [-0.3, -0.25) is 0 Å². The van der Waals surface area contributed by atoms with Crippen molar-refractivity contribution in [1.82, 2.24) is 4.98 Å². The number of oxazole rings is 1. The van der Waals surface area contributed by atoms with Gasteiger partial charge in [-0.05, 0) is 53.7 Å². The molecule has 0 fully saturated rings. The molecule has 30 heavy (non-hydrogen) atoms. The van der Waals surface area contributed by atoms with Gasteiger partial charge in [0.25, 0.3) is 6.71 Å². The summed E-state index contributed by atoms with van der Waals surface area (Å²) in [4.78, 5) is 4.65. The largest absolute Gasteiger partial charge is 0.451 e. The second-order valence-corrected chi connectivity index (χ2v) is 8.49. The fraction of sp³-hybridized carbons (Fsp3) is 0.222. The topological polar surface area (TPSA) is 26.0 Å². The lowest BCUT2D eigenvalue weighted by Gasteiger charge is -2.22. The summed E-state index contributed by atoms with van der Waals surface area (Å²) >= 11 is 0. The third-order valence-electron chi connectivity index (χ3n) is 5.88. The van der Waals surface area contributed by atoms with E-state index in [4.69, 9.17) is 4.42 Å². The highest BCUT2D eigenvalue weighted by atomic mass is 16.3. The van der Waals surface area contributed by atoms with Crippen LogP contribution in [-0.4, -0.2) is 11.7 Å². The molecule has 0 saturated carbocycles. The second kappa shape index (κ2) is 7.99. The van der Waals surface area contributed by atoms with E-state index < -0.39 is 0 Å². The maximum absolute atomic E-state index is 6.41. The number of aryl methyl sites for hydroxylation is 6. The molecule has 4 rings (SSSR count). The molecule has 0 spiro atoms. The standard InChI is InChI=1S/C27H28BNO/c1-17-12-19(3)25(20(4)13-17)28(26-21(5)14-18(2)15-22(26)6)24-16-29-27(30-24)23-10-8-7-9-11-23/h7-16H,1-6H3. The molecule has 150 valence electrons. The lowest BCUT2D eigenvalue weighted by atomic mass is 9.36. The van der Waals surface area contributed by atoms with Crippen LogP contribution in [0.5, 0.6) is 0 Å². The van der Waals surface area contributed by atoms with Crippen molar-refractivity contribution in [3.05, 3.63) is 94.2 Å². The molecule has 0 aliphatic carbocycles. The Labute approximate surface area is 180 Å². The Kier molecular flexibility index (Phi) is 5.38. The van der Waals surface area contributed by atoms with E-state index in [1.807, 2.05) is 36.5 Å². The summed E-state index contributed by atoms with van der Waals surface area (Å²) in [5, 5.41) is 0. The maximum Gasteiger partial charge on any atom is 0.291 e. The number of aromatic nitrogens is 1. The molecule has 0 radical (unpaired) electrons. The van der Waals surface area contributed by atoms with E-state index in [0.29, 0.717) is 5.89 Å². The first kappa shape index (κ1) is 20.2. The number of benzene rings is 3. The van der Waals surface area contributed by atoms with E-state index in [1.54, 1.807) is 0 Å². The van der Waals surface area contributed by atoms with Gasteiger partial charge < -0.3 is 4.42 Å². The van der Waals surface area contributed by atoms with E-state index in [9.17, 15) is 0 Å². The first-order chi connectivity index (χ1) is 14.3. The second-order valence-electron chi connectivity index (χ2n) is 8.49.